The van der Waals surface area contributed by atoms with Crippen LogP contribution in [-0.2, 0) is 0 Å². The molecule has 2 heterocycles. The van der Waals surface area contributed by atoms with E-state index >= 15 is 0 Å². The summed E-state index contributed by atoms with van der Waals surface area (Å²) in [6.07, 6.45) is 27.4. The van der Waals surface area contributed by atoms with Gasteiger partial charge in [0.25, 0.3) is 0 Å². The zero-order valence-electron chi connectivity index (χ0n) is 20.9. The maximum Gasteiger partial charge on any atom is 0.0320 e. The highest BCUT2D eigenvalue weighted by Gasteiger charge is 2.26. The molecule has 4 N–H and O–H groups in total. The van der Waals surface area contributed by atoms with Crippen LogP contribution in [-0.4, -0.2) is 48.6 Å². The SMILES string of the molecule is C#C.C/C=C(N)\C=C/C(C)N1CCC(CC2CCN(C(/C=C\CN)=C/C)CC2)CC1.C=C. The van der Waals surface area contributed by atoms with Gasteiger partial charge in [0.15, 0.2) is 0 Å². The third-order valence-corrected chi connectivity index (χ3v) is 6.49. The number of nitrogens with two attached hydrogens (primary N) is 2. The normalized spacial score (nSPS) is 20.5. The fourth-order valence-electron chi connectivity index (χ4n) is 4.54. The molecule has 0 bridgehead atoms. The van der Waals surface area contributed by atoms with Crippen LogP contribution < -0.4 is 11.5 Å². The number of piperidine rings is 2. The molecule has 0 aromatic carbocycles. The van der Waals surface area contributed by atoms with Gasteiger partial charge in [-0.05, 0) is 90.0 Å². The minimum absolute atomic E-state index is 0.475. The lowest BCUT2D eigenvalue weighted by molar-refractivity contribution is 0.132. The third-order valence-electron chi connectivity index (χ3n) is 6.49. The van der Waals surface area contributed by atoms with Crippen LogP contribution >= 0.6 is 0 Å². The summed E-state index contributed by atoms with van der Waals surface area (Å²) >= 11 is 0. The summed E-state index contributed by atoms with van der Waals surface area (Å²) in [5, 5.41) is 0. The van der Waals surface area contributed by atoms with Gasteiger partial charge in [0.2, 0.25) is 0 Å². The highest BCUT2D eigenvalue weighted by Crippen LogP contribution is 2.31. The number of nitrogens with zero attached hydrogens (tertiary/aromatic N) is 2. The van der Waals surface area contributed by atoms with E-state index in [-0.39, 0.29) is 0 Å². The quantitative estimate of drug-likeness (QED) is 0.314. The Morgan fingerprint density at radius 2 is 1.50 bits per heavy atom. The summed E-state index contributed by atoms with van der Waals surface area (Å²) in [6.45, 7) is 17.8. The van der Waals surface area contributed by atoms with E-state index in [1.165, 1.54) is 64.0 Å². The molecule has 0 aliphatic carbocycles. The van der Waals surface area contributed by atoms with Crippen LogP contribution in [0.1, 0.15) is 52.9 Å². The van der Waals surface area contributed by atoms with Gasteiger partial charge in [-0.1, -0.05) is 24.3 Å². The summed E-state index contributed by atoms with van der Waals surface area (Å²) in [5.41, 5.74) is 13.7. The average molecular weight is 441 g/mol. The highest BCUT2D eigenvalue weighted by molar-refractivity contribution is 5.18. The summed E-state index contributed by atoms with van der Waals surface area (Å²) in [6, 6.07) is 0.475. The molecular formula is C28H48N4. The number of rotatable bonds is 8. The molecule has 0 aromatic heterocycles. The molecule has 0 radical (unpaired) electrons. The van der Waals surface area contributed by atoms with Crippen molar-refractivity contribution in [2.45, 2.75) is 58.9 Å². The van der Waals surface area contributed by atoms with E-state index in [1.807, 2.05) is 19.1 Å². The van der Waals surface area contributed by atoms with Crippen molar-refractivity contribution in [3.8, 4) is 12.8 Å². The first-order chi connectivity index (χ1) is 15.6. The molecule has 4 heteroatoms. The largest absolute Gasteiger partial charge is 0.399 e. The van der Waals surface area contributed by atoms with Gasteiger partial charge in [-0.2, -0.15) is 0 Å². The van der Waals surface area contributed by atoms with Crippen LogP contribution in [0.3, 0.4) is 0 Å². The van der Waals surface area contributed by atoms with Gasteiger partial charge in [0.1, 0.15) is 0 Å². The lowest BCUT2D eigenvalue weighted by Crippen LogP contribution is -2.40. The molecular weight excluding hydrogens is 392 g/mol. The Balaban J connectivity index is 0.00000227. The first-order valence-electron chi connectivity index (χ1n) is 12.0. The average Bonchev–Trinajstić information content (AvgIpc) is 2.86. The molecule has 2 fully saturated rings. The Labute approximate surface area is 198 Å². The van der Waals surface area contributed by atoms with E-state index in [1.54, 1.807) is 0 Å². The molecule has 2 aliphatic heterocycles. The topological polar surface area (TPSA) is 58.5 Å². The van der Waals surface area contributed by atoms with Crippen LogP contribution in [0.2, 0.25) is 0 Å². The van der Waals surface area contributed by atoms with Crippen LogP contribution in [0, 0.1) is 24.7 Å². The van der Waals surface area contributed by atoms with Crippen LogP contribution in [0.5, 0.6) is 0 Å². The van der Waals surface area contributed by atoms with E-state index in [0.29, 0.717) is 12.6 Å². The summed E-state index contributed by atoms with van der Waals surface area (Å²) < 4.78 is 0. The van der Waals surface area contributed by atoms with Gasteiger partial charge < -0.3 is 16.4 Å². The van der Waals surface area contributed by atoms with Gasteiger partial charge in [-0.3, -0.25) is 4.90 Å². The number of likely N-dealkylation sites (tertiary alicyclic amines) is 2. The zero-order valence-corrected chi connectivity index (χ0v) is 20.9. The minimum Gasteiger partial charge on any atom is -0.399 e. The lowest BCUT2D eigenvalue weighted by Gasteiger charge is -2.39. The molecule has 2 aliphatic rings. The maximum atomic E-state index is 5.88. The van der Waals surface area contributed by atoms with Crippen molar-refractivity contribution in [1.29, 1.82) is 0 Å². The fraction of sp³-hybridized carbons (Fsp3) is 0.571. The van der Waals surface area contributed by atoms with Crippen molar-refractivity contribution in [2.24, 2.45) is 23.3 Å². The Kier molecular flexibility index (Phi) is 17.1. The van der Waals surface area contributed by atoms with Crippen molar-refractivity contribution in [1.82, 2.24) is 9.80 Å². The summed E-state index contributed by atoms with van der Waals surface area (Å²) in [5.74, 6) is 1.80. The second-order valence-corrected chi connectivity index (χ2v) is 8.39. The Morgan fingerprint density at radius 1 is 0.969 bits per heavy atom. The number of allylic oxidation sites excluding steroid dienone is 4. The van der Waals surface area contributed by atoms with E-state index in [0.717, 1.165) is 17.5 Å². The lowest BCUT2D eigenvalue weighted by atomic mass is 9.82. The van der Waals surface area contributed by atoms with E-state index in [4.69, 9.17) is 11.5 Å². The second-order valence-electron chi connectivity index (χ2n) is 8.39. The van der Waals surface area contributed by atoms with E-state index in [2.05, 4.69) is 74.0 Å². The molecule has 0 amide bonds. The molecule has 180 valence electrons. The second kappa shape index (κ2) is 18.4. The van der Waals surface area contributed by atoms with Crippen molar-refractivity contribution in [3.63, 3.8) is 0 Å². The van der Waals surface area contributed by atoms with Gasteiger partial charge in [-0.25, -0.2) is 0 Å². The van der Waals surface area contributed by atoms with Crippen LogP contribution in [0.4, 0.5) is 0 Å². The number of terminal acetylenes is 1. The zero-order chi connectivity index (χ0) is 24.4. The molecule has 0 saturated carbocycles. The molecule has 0 aromatic rings. The standard InChI is InChI=1S/C24H42N4.C2H4.C2H2/c1-4-23(26)9-8-20(3)27-15-10-21(11-16-27)19-22-12-17-28(18-13-22)24(5-2)7-6-14-25;2*1-2/h4-9,20-22H,10-19,25-26H2,1-3H3;1-2H2;1-2H/b7-6-,9-8-,23-4+,24-5+;;. The molecule has 1 atom stereocenters. The Bertz CT molecular complexity index is 613. The van der Waals surface area contributed by atoms with Crippen molar-refractivity contribution in [3.05, 3.63) is 61.0 Å². The first kappa shape index (κ1) is 29.8. The van der Waals surface area contributed by atoms with Crippen molar-refractivity contribution < 1.29 is 0 Å². The predicted molar refractivity (Wildman–Crippen MR) is 143 cm³/mol. The van der Waals surface area contributed by atoms with E-state index in [9.17, 15) is 0 Å². The fourth-order valence-corrected chi connectivity index (χ4v) is 4.54. The molecule has 4 nitrogen and oxygen atoms in total. The Morgan fingerprint density at radius 3 is 1.97 bits per heavy atom. The highest BCUT2D eigenvalue weighted by atomic mass is 15.2. The van der Waals surface area contributed by atoms with Gasteiger partial charge in [0, 0.05) is 37.1 Å². The Hall–Kier alpha value is -2.22. The number of hydrogen-bond donors (Lipinski definition) is 2. The molecule has 2 saturated heterocycles. The minimum atomic E-state index is 0.475. The third kappa shape index (κ3) is 10.9. The van der Waals surface area contributed by atoms with Gasteiger partial charge >= 0.3 is 0 Å². The molecule has 1 unspecified atom stereocenters. The van der Waals surface area contributed by atoms with Crippen LogP contribution in [0.15, 0.2) is 61.0 Å². The maximum absolute atomic E-state index is 5.88. The number of hydrogen-bond acceptors (Lipinski definition) is 4. The molecule has 2 rings (SSSR count). The molecule has 32 heavy (non-hydrogen) atoms. The first-order valence-corrected chi connectivity index (χ1v) is 12.0. The predicted octanol–water partition coefficient (Wildman–Crippen LogP) is 5.08. The monoisotopic (exact) mass is 440 g/mol. The molecule has 0 spiro atoms. The van der Waals surface area contributed by atoms with Gasteiger partial charge in [-0.15, -0.1) is 26.0 Å². The van der Waals surface area contributed by atoms with Crippen LogP contribution in [0.25, 0.3) is 0 Å². The summed E-state index contributed by atoms with van der Waals surface area (Å²) in [4.78, 5) is 5.12. The van der Waals surface area contributed by atoms with Crippen molar-refractivity contribution in [2.75, 3.05) is 32.7 Å². The van der Waals surface area contributed by atoms with E-state index < -0.39 is 0 Å². The summed E-state index contributed by atoms with van der Waals surface area (Å²) in [7, 11) is 0. The smallest absolute Gasteiger partial charge is 0.0320 e. The van der Waals surface area contributed by atoms with Gasteiger partial charge in [0.05, 0.1) is 0 Å². The van der Waals surface area contributed by atoms with Crippen molar-refractivity contribution >= 4 is 0 Å².